The quantitative estimate of drug-likeness (QED) is 0.280. The summed E-state index contributed by atoms with van der Waals surface area (Å²) in [6.07, 6.45) is 0. The highest BCUT2D eigenvalue weighted by atomic mass is 16.5. The van der Waals surface area contributed by atoms with Crippen LogP contribution >= 0.6 is 0 Å². The van der Waals surface area contributed by atoms with Crippen molar-refractivity contribution in [2.24, 2.45) is 0 Å². The predicted octanol–water partition coefficient (Wildman–Crippen LogP) is -1.94. The summed E-state index contributed by atoms with van der Waals surface area (Å²) < 4.78 is 0.216. The summed E-state index contributed by atoms with van der Waals surface area (Å²) in [5, 5.41) is 15.8. The number of aromatic amines is 1. The van der Waals surface area contributed by atoms with Gasteiger partial charge in [0.05, 0.1) is 0 Å². The van der Waals surface area contributed by atoms with E-state index in [1.807, 2.05) is 0 Å². The maximum Gasteiger partial charge on any atom is 0.295 e. The number of nitrogens with two attached hydrogens (primary N) is 2. The van der Waals surface area contributed by atoms with Crippen LogP contribution in [0, 0.1) is 5.41 Å². The molecule has 0 fully saturated rings. The molecule has 7 N–H and O–H groups in total. The van der Waals surface area contributed by atoms with E-state index in [4.69, 9.17) is 22.1 Å². The van der Waals surface area contributed by atoms with Gasteiger partial charge in [-0.25, -0.2) is 0 Å². The van der Waals surface area contributed by atoms with E-state index in [0.29, 0.717) is 0 Å². The van der Waals surface area contributed by atoms with Gasteiger partial charge in [0, 0.05) is 0 Å². The molecular weight excluding hydrogens is 150 g/mol. The minimum absolute atomic E-state index is 0.159. The molecule has 0 atom stereocenters. The molecule has 0 aliphatic carbocycles. The largest absolute Gasteiger partial charge is 0.425 e. The van der Waals surface area contributed by atoms with Crippen molar-refractivity contribution in [3.05, 3.63) is 15.8 Å². The second kappa shape index (κ2) is 2.04. The molecule has 0 saturated heterocycles. The average molecular weight is 157 g/mol. The van der Waals surface area contributed by atoms with Crippen molar-refractivity contribution in [2.75, 3.05) is 11.5 Å². The number of nitrogen functional groups attached to an aromatic ring is 2. The fourth-order valence-corrected chi connectivity index (χ4v) is 0.576. The molecule has 1 heterocycles. The smallest absolute Gasteiger partial charge is 0.295 e. The van der Waals surface area contributed by atoms with E-state index >= 15 is 0 Å². The molecule has 0 bridgehead atoms. The van der Waals surface area contributed by atoms with Crippen molar-refractivity contribution in [3.8, 4) is 0 Å². The Hall–Kier alpha value is -1.92. The summed E-state index contributed by atoms with van der Waals surface area (Å²) in [5.41, 5.74) is 8.85. The number of nitrogens with zero attached hydrogens (tertiary/aromatic N) is 1. The molecule has 0 spiro atoms. The van der Waals surface area contributed by atoms with Crippen molar-refractivity contribution < 1.29 is 5.21 Å². The van der Waals surface area contributed by atoms with Crippen molar-refractivity contribution in [2.45, 2.75) is 0 Å². The van der Waals surface area contributed by atoms with Gasteiger partial charge in [-0.1, -0.05) is 0 Å². The van der Waals surface area contributed by atoms with E-state index in [-0.39, 0.29) is 16.4 Å². The summed E-state index contributed by atoms with van der Waals surface area (Å²) in [7, 11) is 0. The van der Waals surface area contributed by atoms with Crippen LogP contribution in [-0.2, 0) is 0 Å². The van der Waals surface area contributed by atoms with Gasteiger partial charge in [-0.3, -0.25) is 10.2 Å². The highest BCUT2D eigenvalue weighted by molar-refractivity contribution is 5.51. The Morgan fingerprint density at radius 3 is 2.64 bits per heavy atom. The van der Waals surface area contributed by atoms with Crippen LogP contribution < -0.4 is 22.5 Å². The summed E-state index contributed by atoms with van der Waals surface area (Å²) in [6, 6.07) is 0. The van der Waals surface area contributed by atoms with E-state index in [2.05, 4.69) is 4.98 Å². The van der Waals surface area contributed by atoms with Crippen molar-refractivity contribution in [1.29, 1.82) is 5.41 Å². The number of anilines is 2. The van der Waals surface area contributed by atoms with Gasteiger partial charge < -0.3 is 21.7 Å². The Labute approximate surface area is 60.4 Å². The van der Waals surface area contributed by atoms with Gasteiger partial charge in [-0.05, 0) is 0 Å². The molecule has 7 nitrogen and oxygen atoms in total. The first-order valence-corrected chi connectivity index (χ1v) is 2.68. The molecule has 1 aromatic heterocycles. The summed E-state index contributed by atoms with van der Waals surface area (Å²) in [4.78, 5) is 12.7. The van der Waals surface area contributed by atoms with E-state index < -0.39 is 11.0 Å². The zero-order valence-corrected chi connectivity index (χ0v) is 5.46. The molecule has 7 heteroatoms. The zero-order valence-electron chi connectivity index (χ0n) is 5.46. The van der Waals surface area contributed by atoms with E-state index in [1.165, 1.54) is 0 Å². The van der Waals surface area contributed by atoms with Gasteiger partial charge in [-0.2, -0.15) is 0 Å². The van der Waals surface area contributed by atoms with Crippen LogP contribution in [0.4, 0.5) is 11.6 Å². The lowest BCUT2D eigenvalue weighted by Gasteiger charge is -2.02. The van der Waals surface area contributed by atoms with Gasteiger partial charge in [-0.15, -0.1) is 4.73 Å². The van der Waals surface area contributed by atoms with Crippen molar-refractivity contribution in [3.63, 3.8) is 0 Å². The standard InChI is InChI=1S/C4H7N5O2/c5-1-2(6)9(11)3(7)4(10)8-1/h7,11H,5-6H2,(H,8,10). The SMILES string of the molecule is N=c1c(=O)[nH]c(N)c(N)n1O. The first-order chi connectivity index (χ1) is 5.04. The molecular formula is C4H7N5O2. The maximum atomic E-state index is 10.7. The minimum Gasteiger partial charge on any atom is -0.425 e. The highest BCUT2D eigenvalue weighted by Crippen LogP contribution is 2.01. The molecule has 0 aromatic carbocycles. The maximum absolute atomic E-state index is 10.7. The van der Waals surface area contributed by atoms with Crippen molar-refractivity contribution >= 4 is 11.6 Å². The lowest BCUT2D eigenvalue weighted by molar-refractivity contribution is 0.175. The second-order valence-corrected chi connectivity index (χ2v) is 1.91. The number of nitrogens with one attached hydrogen (secondary N) is 2. The molecule has 0 unspecified atom stereocenters. The normalized spacial score (nSPS) is 9.82. The van der Waals surface area contributed by atoms with Crippen LogP contribution in [0.2, 0.25) is 0 Å². The topological polar surface area (TPSA) is 134 Å². The van der Waals surface area contributed by atoms with E-state index in [0.717, 1.165) is 0 Å². The first kappa shape index (κ1) is 7.19. The lowest BCUT2D eigenvalue weighted by Crippen LogP contribution is -2.37. The molecule has 0 radical (unpaired) electrons. The van der Waals surface area contributed by atoms with Crippen molar-refractivity contribution in [1.82, 2.24) is 9.71 Å². The number of rotatable bonds is 0. The van der Waals surface area contributed by atoms with Crippen LogP contribution in [0.25, 0.3) is 0 Å². The fourth-order valence-electron chi connectivity index (χ4n) is 0.576. The van der Waals surface area contributed by atoms with Crippen LogP contribution in [0.15, 0.2) is 4.79 Å². The molecule has 1 aromatic rings. The van der Waals surface area contributed by atoms with Gasteiger partial charge in [0.2, 0.25) is 5.49 Å². The number of H-pyrrole nitrogens is 1. The average Bonchev–Trinajstić information content (AvgIpc) is 1.97. The third kappa shape index (κ3) is 0.914. The van der Waals surface area contributed by atoms with Gasteiger partial charge in [0.15, 0.2) is 5.82 Å². The molecule has 60 valence electrons. The Morgan fingerprint density at radius 2 is 2.09 bits per heavy atom. The Kier molecular flexibility index (Phi) is 1.34. The Balaban J connectivity index is 3.73. The first-order valence-electron chi connectivity index (χ1n) is 2.68. The number of hydrogen-bond donors (Lipinski definition) is 5. The molecule has 0 aliphatic rings. The minimum atomic E-state index is -0.792. The van der Waals surface area contributed by atoms with Gasteiger partial charge in [0.1, 0.15) is 5.82 Å². The number of hydrogen-bond acceptors (Lipinski definition) is 5. The third-order valence-electron chi connectivity index (χ3n) is 1.18. The zero-order chi connectivity index (χ0) is 8.59. The fraction of sp³-hybridized carbons (Fsp3) is 0. The van der Waals surface area contributed by atoms with Crippen LogP contribution in [-0.4, -0.2) is 14.9 Å². The van der Waals surface area contributed by atoms with Crippen LogP contribution in [0.5, 0.6) is 0 Å². The monoisotopic (exact) mass is 157 g/mol. The van der Waals surface area contributed by atoms with Crippen LogP contribution in [0.1, 0.15) is 0 Å². The predicted molar refractivity (Wildman–Crippen MR) is 36.9 cm³/mol. The summed E-state index contributed by atoms with van der Waals surface area (Å²) in [6.45, 7) is 0. The van der Waals surface area contributed by atoms with Crippen LogP contribution in [0.3, 0.4) is 0 Å². The molecule has 1 rings (SSSR count). The Morgan fingerprint density at radius 1 is 1.55 bits per heavy atom. The molecule has 0 amide bonds. The highest BCUT2D eigenvalue weighted by Gasteiger charge is 2.03. The van der Waals surface area contributed by atoms with Gasteiger partial charge in [0.25, 0.3) is 5.56 Å². The Bertz CT molecular complexity index is 388. The third-order valence-corrected chi connectivity index (χ3v) is 1.18. The second-order valence-electron chi connectivity index (χ2n) is 1.91. The van der Waals surface area contributed by atoms with Gasteiger partial charge >= 0.3 is 0 Å². The summed E-state index contributed by atoms with van der Waals surface area (Å²) in [5.74, 6) is -0.414. The molecule has 11 heavy (non-hydrogen) atoms. The number of aromatic nitrogens is 2. The molecule has 0 aliphatic heterocycles. The van der Waals surface area contributed by atoms with E-state index in [9.17, 15) is 4.79 Å². The molecule has 0 saturated carbocycles. The lowest BCUT2D eigenvalue weighted by atomic mass is 10.6. The van der Waals surface area contributed by atoms with E-state index in [1.54, 1.807) is 0 Å². The summed E-state index contributed by atoms with van der Waals surface area (Å²) >= 11 is 0.